The quantitative estimate of drug-likeness (QED) is 0.303. The van der Waals surface area contributed by atoms with E-state index in [1.807, 2.05) is 6.07 Å². The van der Waals surface area contributed by atoms with Gasteiger partial charge in [0.05, 0.1) is 17.7 Å². The van der Waals surface area contributed by atoms with E-state index in [0.29, 0.717) is 28.2 Å². The Balaban J connectivity index is 1.29. The lowest BCUT2D eigenvalue weighted by Crippen LogP contribution is -2.48. The van der Waals surface area contributed by atoms with Gasteiger partial charge in [-0.3, -0.25) is 9.78 Å². The Labute approximate surface area is 217 Å². The number of carbonyl (C=O) groups is 1. The van der Waals surface area contributed by atoms with E-state index in [-0.39, 0.29) is 44.1 Å². The zero-order valence-corrected chi connectivity index (χ0v) is 20.5. The summed E-state index contributed by atoms with van der Waals surface area (Å²) in [6.45, 7) is 3.81. The molecule has 38 heavy (non-hydrogen) atoms. The van der Waals surface area contributed by atoms with Crippen molar-refractivity contribution in [3.8, 4) is 5.75 Å². The summed E-state index contributed by atoms with van der Waals surface area (Å²) in [5, 5.41) is 9.10. The highest BCUT2D eigenvalue weighted by Crippen LogP contribution is 2.59. The molecule has 5 rings (SSSR count). The predicted molar refractivity (Wildman–Crippen MR) is 139 cm³/mol. The lowest BCUT2D eigenvalue weighted by atomic mass is 9.95. The number of aromatic nitrogens is 1. The molecule has 2 aromatic carbocycles. The standard InChI is InChI=1S/C29H26F3N3O3/c1-2-3-6-24(33)22-11-12-25(27-23(22)5-4-15-34-27)38-17-21-16-35(26(36)18-37-21)20-9-7-19(8-10-20)28(13-14-28)29(30,31)32/h2-12,15,21,33H,1,13-14,16-18H2/b6-3-,33-24?/t21-/m0/s1. The maximum Gasteiger partial charge on any atom is 0.398 e. The Bertz CT molecular complexity index is 1410. The van der Waals surface area contributed by atoms with Crippen molar-refractivity contribution in [3.63, 3.8) is 0 Å². The summed E-state index contributed by atoms with van der Waals surface area (Å²) < 4.78 is 52.1. The fourth-order valence-electron chi connectivity index (χ4n) is 4.73. The average molecular weight is 522 g/mol. The Morgan fingerprint density at radius 2 is 1.97 bits per heavy atom. The minimum atomic E-state index is -4.29. The number of benzene rings is 2. The van der Waals surface area contributed by atoms with E-state index >= 15 is 0 Å². The van der Waals surface area contributed by atoms with Crippen LogP contribution in [0.5, 0.6) is 5.75 Å². The first kappa shape index (κ1) is 25.7. The van der Waals surface area contributed by atoms with Crippen molar-refractivity contribution in [2.45, 2.75) is 30.5 Å². The third-order valence-electron chi connectivity index (χ3n) is 7.00. The average Bonchev–Trinajstić information content (AvgIpc) is 3.74. The molecule has 1 aliphatic carbocycles. The molecule has 1 aromatic heterocycles. The predicted octanol–water partition coefficient (Wildman–Crippen LogP) is 5.75. The Morgan fingerprint density at radius 3 is 2.66 bits per heavy atom. The molecule has 1 aliphatic heterocycles. The second kappa shape index (κ2) is 10.1. The number of pyridine rings is 1. The summed E-state index contributed by atoms with van der Waals surface area (Å²) in [7, 11) is 0. The Morgan fingerprint density at radius 1 is 1.21 bits per heavy atom. The van der Waals surface area contributed by atoms with Crippen LogP contribution in [0.25, 0.3) is 10.9 Å². The first-order valence-electron chi connectivity index (χ1n) is 12.2. The normalized spacial score (nSPS) is 19.1. The van der Waals surface area contributed by atoms with Crippen LogP contribution in [0.4, 0.5) is 18.9 Å². The van der Waals surface area contributed by atoms with E-state index in [1.54, 1.807) is 54.8 Å². The molecule has 1 saturated heterocycles. The van der Waals surface area contributed by atoms with Crippen LogP contribution in [0.1, 0.15) is 24.0 Å². The van der Waals surface area contributed by atoms with E-state index in [9.17, 15) is 18.0 Å². The second-order valence-electron chi connectivity index (χ2n) is 9.39. The smallest absolute Gasteiger partial charge is 0.398 e. The van der Waals surface area contributed by atoms with Crippen molar-refractivity contribution < 1.29 is 27.4 Å². The van der Waals surface area contributed by atoms with Gasteiger partial charge in [0.2, 0.25) is 0 Å². The van der Waals surface area contributed by atoms with Crippen molar-refractivity contribution >= 4 is 28.2 Å². The zero-order valence-electron chi connectivity index (χ0n) is 20.5. The van der Waals surface area contributed by atoms with Crippen LogP contribution < -0.4 is 9.64 Å². The molecule has 1 atom stereocenters. The van der Waals surface area contributed by atoms with Gasteiger partial charge in [-0.05, 0) is 54.8 Å². The van der Waals surface area contributed by atoms with Crippen LogP contribution in [0.2, 0.25) is 0 Å². The first-order chi connectivity index (χ1) is 18.2. The number of fused-ring (bicyclic) bond motifs is 1. The number of morpholine rings is 1. The summed E-state index contributed by atoms with van der Waals surface area (Å²) >= 11 is 0. The molecule has 2 aliphatic rings. The number of allylic oxidation sites excluding steroid dienone is 3. The number of hydrogen-bond donors (Lipinski definition) is 1. The molecule has 1 N–H and O–H groups in total. The molecule has 2 heterocycles. The Kier molecular flexibility index (Phi) is 6.79. The van der Waals surface area contributed by atoms with Crippen LogP contribution in [-0.4, -0.2) is 48.6 Å². The van der Waals surface area contributed by atoms with Gasteiger partial charge >= 0.3 is 6.18 Å². The topological polar surface area (TPSA) is 75.5 Å². The molecule has 1 amide bonds. The fourth-order valence-corrected chi connectivity index (χ4v) is 4.73. The van der Waals surface area contributed by atoms with Crippen molar-refractivity contribution in [3.05, 3.63) is 90.7 Å². The number of carbonyl (C=O) groups excluding carboxylic acids is 1. The third-order valence-corrected chi connectivity index (χ3v) is 7.00. The molecule has 0 unspecified atom stereocenters. The molecule has 1 saturated carbocycles. The summed E-state index contributed by atoms with van der Waals surface area (Å²) in [6, 6.07) is 13.3. The molecule has 0 radical (unpaired) electrons. The van der Waals surface area contributed by atoms with Crippen LogP contribution in [-0.2, 0) is 14.9 Å². The van der Waals surface area contributed by atoms with Gasteiger partial charge in [0.1, 0.15) is 30.6 Å². The monoisotopic (exact) mass is 521 g/mol. The highest BCUT2D eigenvalue weighted by atomic mass is 19.4. The molecule has 9 heteroatoms. The van der Waals surface area contributed by atoms with Gasteiger partial charge in [0.15, 0.2) is 0 Å². The molecular weight excluding hydrogens is 495 g/mol. The van der Waals surface area contributed by atoms with Crippen LogP contribution >= 0.6 is 0 Å². The van der Waals surface area contributed by atoms with Gasteiger partial charge in [-0.15, -0.1) is 0 Å². The third kappa shape index (κ3) is 4.81. The Hall–Kier alpha value is -3.98. The molecule has 0 spiro atoms. The van der Waals surface area contributed by atoms with Crippen LogP contribution in [0.3, 0.4) is 0 Å². The van der Waals surface area contributed by atoms with E-state index in [4.69, 9.17) is 14.9 Å². The van der Waals surface area contributed by atoms with E-state index in [1.165, 1.54) is 17.0 Å². The maximum absolute atomic E-state index is 13.5. The summed E-state index contributed by atoms with van der Waals surface area (Å²) in [5.74, 6) is 0.247. The summed E-state index contributed by atoms with van der Waals surface area (Å²) in [4.78, 5) is 18.5. The van der Waals surface area contributed by atoms with Crippen molar-refractivity contribution in [2.24, 2.45) is 0 Å². The SMILES string of the molecule is C=C/C=C\C(=N)c1ccc(OC[C@@H]2CN(c3ccc(C4(C(F)(F)F)CC4)cc3)C(=O)CO2)c2ncccc12. The number of ether oxygens (including phenoxy) is 2. The van der Waals surface area contributed by atoms with Crippen LogP contribution in [0.15, 0.2) is 79.5 Å². The molecule has 6 nitrogen and oxygen atoms in total. The lowest BCUT2D eigenvalue weighted by molar-refractivity contribution is -0.160. The lowest BCUT2D eigenvalue weighted by Gasteiger charge is -2.33. The van der Waals surface area contributed by atoms with Gasteiger partial charge in [-0.25, -0.2) is 0 Å². The fraction of sp³-hybridized carbons (Fsp3) is 0.276. The molecular formula is C29H26F3N3O3. The first-order valence-corrected chi connectivity index (χ1v) is 12.2. The number of nitrogens with one attached hydrogen (secondary N) is 1. The number of anilines is 1. The van der Waals surface area contributed by atoms with E-state index in [0.717, 1.165) is 5.39 Å². The van der Waals surface area contributed by atoms with Crippen molar-refractivity contribution in [1.29, 1.82) is 5.41 Å². The van der Waals surface area contributed by atoms with Crippen LogP contribution in [0, 0.1) is 5.41 Å². The van der Waals surface area contributed by atoms with Crippen molar-refractivity contribution in [1.82, 2.24) is 4.98 Å². The van der Waals surface area contributed by atoms with Crippen molar-refractivity contribution in [2.75, 3.05) is 24.7 Å². The van der Waals surface area contributed by atoms with Gasteiger partial charge in [-0.1, -0.05) is 36.9 Å². The number of amides is 1. The highest BCUT2D eigenvalue weighted by molar-refractivity contribution is 6.15. The number of alkyl halides is 3. The minimum absolute atomic E-state index is 0.0862. The number of rotatable bonds is 8. The second-order valence-corrected chi connectivity index (χ2v) is 9.39. The van der Waals surface area contributed by atoms with Gasteiger partial charge in [0, 0.05) is 22.8 Å². The highest BCUT2D eigenvalue weighted by Gasteiger charge is 2.64. The zero-order chi connectivity index (χ0) is 26.9. The van der Waals surface area contributed by atoms with Gasteiger partial charge in [-0.2, -0.15) is 13.2 Å². The molecule has 0 bridgehead atoms. The number of halogens is 3. The van der Waals surface area contributed by atoms with E-state index < -0.39 is 17.7 Å². The van der Waals surface area contributed by atoms with Gasteiger partial charge < -0.3 is 19.8 Å². The largest absolute Gasteiger partial charge is 0.489 e. The molecule has 2 fully saturated rings. The molecule has 196 valence electrons. The number of hydrogen-bond acceptors (Lipinski definition) is 5. The maximum atomic E-state index is 13.5. The molecule has 3 aromatic rings. The minimum Gasteiger partial charge on any atom is -0.489 e. The summed E-state index contributed by atoms with van der Waals surface area (Å²) in [6.07, 6.45) is 2.02. The summed E-state index contributed by atoms with van der Waals surface area (Å²) in [5.41, 5.74) is 0.598. The number of nitrogens with zero attached hydrogens (tertiary/aromatic N) is 2. The van der Waals surface area contributed by atoms with Gasteiger partial charge in [0.25, 0.3) is 5.91 Å². The van der Waals surface area contributed by atoms with E-state index in [2.05, 4.69) is 11.6 Å².